The molecule has 0 unspecified atom stereocenters. The van der Waals surface area contributed by atoms with Gasteiger partial charge in [-0.25, -0.2) is 8.78 Å². The van der Waals surface area contributed by atoms with Crippen molar-refractivity contribution >= 4 is 18.3 Å². The van der Waals surface area contributed by atoms with Gasteiger partial charge in [-0.15, -0.1) is 12.4 Å². The average molecular weight is 577 g/mol. The summed E-state index contributed by atoms with van der Waals surface area (Å²) in [6.45, 7) is 7.24. The fourth-order valence-corrected chi connectivity index (χ4v) is 4.68. The number of benzene rings is 3. The summed E-state index contributed by atoms with van der Waals surface area (Å²) >= 11 is 0. The maximum atomic E-state index is 13.6. The largest absolute Gasteiger partial charge is 0.493 e. The third-order valence-corrected chi connectivity index (χ3v) is 6.92. The van der Waals surface area contributed by atoms with Crippen LogP contribution in [-0.2, 0) is 11.3 Å². The van der Waals surface area contributed by atoms with E-state index in [2.05, 4.69) is 11.8 Å². The van der Waals surface area contributed by atoms with Crippen molar-refractivity contribution < 1.29 is 27.8 Å². The van der Waals surface area contributed by atoms with Gasteiger partial charge in [0.25, 0.3) is 0 Å². The molecule has 0 heterocycles. The first-order valence-electron chi connectivity index (χ1n) is 13.1. The molecule has 0 bridgehead atoms. The minimum atomic E-state index is -0.343. The lowest BCUT2D eigenvalue weighted by molar-refractivity contribution is -0.131. The molecule has 40 heavy (non-hydrogen) atoms. The van der Waals surface area contributed by atoms with Crippen molar-refractivity contribution in [1.82, 2.24) is 9.80 Å². The molecule has 3 rings (SSSR count). The second kappa shape index (κ2) is 16.0. The minimum absolute atomic E-state index is 0. The first-order chi connectivity index (χ1) is 18.8. The number of hydrogen-bond donors (Lipinski definition) is 0. The van der Waals surface area contributed by atoms with Crippen molar-refractivity contribution in [1.29, 1.82) is 0 Å². The van der Waals surface area contributed by atoms with E-state index >= 15 is 0 Å². The van der Waals surface area contributed by atoms with Crippen LogP contribution in [-0.4, -0.2) is 63.2 Å². The molecule has 0 saturated heterocycles. The summed E-state index contributed by atoms with van der Waals surface area (Å²) in [6.07, 6.45) is 0.199. The van der Waals surface area contributed by atoms with Crippen LogP contribution in [0.2, 0.25) is 0 Å². The number of hydrogen-bond acceptors (Lipinski definition) is 5. The number of likely N-dealkylation sites (N-methyl/N-ethyl adjacent to an activating group) is 2. The molecular weight excluding hydrogens is 538 g/mol. The smallest absolute Gasteiger partial charge is 0.223 e. The van der Waals surface area contributed by atoms with Crippen LogP contribution in [0.5, 0.6) is 17.2 Å². The van der Waals surface area contributed by atoms with E-state index in [0.717, 1.165) is 23.2 Å². The van der Waals surface area contributed by atoms with E-state index in [9.17, 15) is 13.6 Å². The summed E-state index contributed by atoms with van der Waals surface area (Å²) in [5, 5.41) is 0. The Morgan fingerprint density at radius 2 is 1.27 bits per heavy atom. The molecular formula is C31H39ClF2N2O4. The normalized spacial score (nSPS) is 10.8. The van der Waals surface area contributed by atoms with Crippen molar-refractivity contribution in [2.24, 2.45) is 0 Å². The second-order valence-corrected chi connectivity index (χ2v) is 9.24. The number of methoxy groups -OCH3 is 3. The highest BCUT2D eigenvalue weighted by Gasteiger charge is 2.23. The Hall–Kier alpha value is -3.36. The lowest BCUT2D eigenvalue weighted by atomic mass is 9.88. The van der Waals surface area contributed by atoms with Crippen molar-refractivity contribution in [3.05, 3.63) is 89.0 Å². The predicted octanol–water partition coefficient (Wildman–Crippen LogP) is 6.31. The molecule has 0 atom stereocenters. The van der Waals surface area contributed by atoms with Crippen LogP contribution in [0.3, 0.4) is 0 Å². The van der Waals surface area contributed by atoms with Gasteiger partial charge >= 0.3 is 0 Å². The van der Waals surface area contributed by atoms with E-state index in [1.54, 1.807) is 45.6 Å². The molecule has 0 N–H and O–H groups in total. The number of carbonyl (C=O) groups is 1. The van der Waals surface area contributed by atoms with Gasteiger partial charge in [0.15, 0.2) is 11.5 Å². The van der Waals surface area contributed by atoms with Crippen LogP contribution >= 0.6 is 12.4 Å². The van der Waals surface area contributed by atoms with E-state index in [1.165, 1.54) is 24.3 Å². The van der Waals surface area contributed by atoms with Crippen LogP contribution in [0.1, 0.15) is 42.9 Å². The Morgan fingerprint density at radius 1 is 0.775 bits per heavy atom. The summed E-state index contributed by atoms with van der Waals surface area (Å²) in [6, 6.07) is 16.1. The first kappa shape index (κ1) is 32.8. The lowest BCUT2D eigenvalue weighted by Crippen LogP contribution is -2.39. The molecule has 0 fully saturated rings. The van der Waals surface area contributed by atoms with Gasteiger partial charge in [0.2, 0.25) is 11.7 Å². The predicted molar refractivity (Wildman–Crippen MR) is 156 cm³/mol. The van der Waals surface area contributed by atoms with E-state index in [0.29, 0.717) is 43.4 Å². The highest BCUT2D eigenvalue weighted by Crippen LogP contribution is 2.38. The molecule has 9 heteroatoms. The van der Waals surface area contributed by atoms with Crippen LogP contribution in [0.4, 0.5) is 8.78 Å². The third-order valence-electron chi connectivity index (χ3n) is 6.92. The first-order valence-corrected chi connectivity index (χ1v) is 13.1. The quantitative estimate of drug-likeness (QED) is 0.225. The minimum Gasteiger partial charge on any atom is -0.493 e. The van der Waals surface area contributed by atoms with E-state index in [4.69, 9.17) is 14.2 Å². The number of rotatable bonds is 14. The fraction of sp³-hybridized carbons (Fsp3) is 0.387. The molecule has 0 spiro atoms. The van der Waals surface area contributed by atoms with Crippen LogP contribution in [0, 0.1) is 11.6 Å². The molecule has 0 aliphatic rings. The molecule has 0 saturated carbocycles. The van der Waals surface area contributed by atoms with Gasteiger partial charge in [0, 0.05) is 38.5 Å². The Balaban J connectivity index is 0.00000560. The number of halogens is 3. The van der Waals surface area contributed by atoms with Crippen molar-refractivity contribution in [2.45, 2.75) is 32.7 Å². The monoisotopic (exact) mass is 576 g/mol. The second-order valence-electron chi connectivity index (χ2n) is 9.24. The standard InChI is InChI=1S/C31H38F2N2O4.ClH/c1-6-34(21-22-18-28(37-3)31(39-5)29(19-22)38-4)16-17-35(7-2)30(36)20-27(23-8-12-25(32)13-9-23)24-10-14-26(33)15-11-24;/h8-15,18-19,27H,6-7,16-17,20-21H2,1-5H3;1H. The fourth-order valence-electron chi connectivity index (χ4n) is 4.68. The van der Waals surface area contributed by atoms with Gasteiger partial charge in [-0.1, -0.05) is 31.2 Å². The lowest BCUT2D eigenvalue weighted by Gasteiger charge is -2.28. The van der Waals surface area contributed by atoms with Gasteiger partial charge in [-0.2, -0.15) is 0 Å². The maximum Gasteiger partial charge on any atom is 0.223 e. The van der Waals surface area contributed by atoms with Crippen molar-refractivity contribution in [3.63, 3.8) is 0 Å². The SMILES string of the molecule is CCN(CCN(CC)C(=O)CC(c1ccc(F)cc1)c1ccc(F)cc1)Cc1cc(OC)c(OC)c(OC)c1.Cl. The summed E-state index contributed by atoms with van der Waals surface area (Å²) < 4.78 is 43.6. The van der Waals surface area contributed by atoms with E-state index < -0.39 is 0 Å². The van der Waals surface area contributed by atoms with Crippen LogP contribution in [0.25, 0.3) is 0 Å². The van der Waals surface area contributed by atoms with Gasteiger partial charge < -0.3 is 19.1 Å². The molecule has 0 radical (unpaired) electrons. The van der Waals surface area contributed by atoms with Crippen molar-refractivity contribution in [2.75, 3.05) is 47.5 Å². The summed E-state index contributed by atoms with van der Waals surface area (Å²) in [4.78, 5) is 17.5. The van der Waals surface area contributed by atoms with Gasteiger partial charge in [-0.05, 0) is 66.6 Å². The Labute approximate surface area is 242 Å². The number of carbonyl (C=O) groups excluding carboxylic acids is 1. The van der Waals surface area contributed by atoms with Gasteiger partial charge in [-0.3, -0.25) is 9.69 Å². The molecule has 3 aromatic carbocycles. The summed E-state index contributed by atoms with van der Waals surface area (Å²) in [5.74, 6) is 0.734. The number of amides is 1. The van der Waals surface area contributed by atoms with Crippen LogP contribution < -0.4 is 14.2 Å². The molecule has 0 aliphatic heterocycles. The zero-order chi connectivity index (χ0) is 28.4. The molecule has 1 amide bonds. The number of ether oxygens (including phenoxy) is 3. The average Bonchev–Trinajstić information content (AvgIpc) is 2.96. The third kappa shape index (κ3) is 8.57. The topological polar surface area (TPSA) is 51.2 Å². The Kier molecular flexibility index (Phi) is 13.2. The Morgan fingerprint density at radius 3 is 1.68 bits per heavy atom. The summed E-state index contributed by atoms with van der Waals surface area (Å²) in [5.41, 5.74) is 2.63. The molecule has 3 aromatic rings. The van der Waals surface area contributed by atoms with Gasteiger partial charge in [0.05, 0.1) is 21.3 Å². The van der Waals surface area contributed by atoms with E-state index in [1.807, 2.05) is 24.0 Å². The zero-order valence-electron chi connectivity index (χ0n) is 23.8. The Bertz CT molecular complexity index is 1140. The molecule has 218 valence electrons. The highest BCUT2D eigenvalue weighted by molar-refractivity contribution is 5.85. The summed E-state index contributed by atoms with van der Waals surface area (Å²) in [7, 11) is 4.76. The maximum absolute atomic E-state index is 13.6. The molecule has 0 aromatic heterocycles. The molecule has 6 nitrogen and oxygen atoms in total. The number of nitrogens with zero attached hydrogens (tertiary/aromatic N) is 2. The van der Waals surface area contributed by atoms with Gasteiger partial charge in [0.1, 0.15) is 11.6 Å². The zero-order valence-corrected chi connectivity index (χ0v) is 24.6. The van der Waals surface area contributed by atoms with E-state index in [-0.39, 0.29) is 42.3 Å². The van der Waals surface area contributed by atoms with Crippen molar-refractivity contribution in [3.8, 4) is 17.2 Å². The van der Waals surface area contributed by atoms with Crippen LogP contribution in [0.15, 0.2) is 60.7 Å². The molecule has 0 aliphatic carbocycles. The highest BCUT2D eigenvalue weighted by atomic mass is 35.5.